The monoisotopic (exact) mass is 213 g/mol. The number of hydrogen-bond donors (Lipinski definition) is 2. The van der Waals surface area contributed by atoms with Gasteiger partial charge < -0.3 is 16.0 Å². The number of likely N-dealkylation sites (N-methyl/N-ethyl adjacent to an activating group) is 1. The van der Waals surface area contributed by atoms with Crippen LogP contribution in [0.5, 0.6) is 0 Å². The van der Waals surface area contributed by atoms with E-state index in [2.05, 4.69) is 5.32 Å². The number of carbonyl (C=O) groups is 2. The van der Waals surface area contributed by atoms with E-state index in [0.717, 1.165) is 12.8 Å². The average molecular weight is 213 g/mol. The largest absolute Gasteiger partial charge is 0.357 e. The molecule has 0 aromatic heterocycles. The fourth-order valence-electron chi connectivity index (χ4n) is 1.82. The maximum Gasteiger partial charge on any atom is 0.242 e. The molecule has 1 unspecified atom stereocenters. The van der Waals surface area contributed by atoms with Gasteiger partial charge in [0.1, 0.15) is 6.04 Å². The molecular weight excluding hydrogens is 194 g/mol. The van der Waals surface area contributed by atoms with Crippen LogP contribution in [-0.4, -0.2) is 41.9 Å². The molecule has 0 aliphatic carbocycles. The van der Waals surface area contributed by atoms with Gasteiger partial charge in [-0.05, 0) is 26.7 Å². The van der Waals surface area contributed by atoms with E-state index in [4.69, 9.17) is 5.73 Å². The van der Waals surface area contributed by atoms with Crippen molar-refractivity contribution in [2.45, 2.75) is 38.3 Å². The number of nitrogens with zero attached hydrogens (tertiary/aromatic N) is 1. The van der Waals surface area contributed by atoms with Crippen molar-refractivity contribution < 1.29 is 9.59 Å². The highest BCUT2D eigenvalue weighted by atomic mass is 16.2. The topological polar surface area (TPSA) is 75.4 Å². The van der Waals surface area contributed by atoms with Gasteiger partial charge in [0, 0.05) is 13.6 Å². The van der Waals surface area contributed by atoms with Crippen molar-refractivity contribution in [2.75, 3.05) is 13.6 Å². The molecule has 5 heteroatoms. The van der Waals surface area contributed by atoms with Crippen LogP contribution in [-0.2, 0) is 9.59 Å². The number of amides is 2. The van der Waals surface area contributed by atoms with E-state index in [-0.39, 0.29) is 17.9 Å². The Morgan fingerprint density at radius 1 is 1.47 bits per heavy atom. The molecule has 0 radical (unpaired) electrons. The van der Waals surface area contributed by atoms with Gasteiger partial charge in [0.15, 0.2) is 0 Å². The minimum atomic E-state index is -0.906. The van der Waals surface area contributed by atoms with Gasteiger partial charge >= 0.3 is 0 Å². The van der Waals surface area contributed by atoms with Gasteiger partial charge in [-0.1, -0.05) is 0 Å². The van der Waals surface area contributed by atoms with Crippen molar-refractivity contribution in [3.8, 4) is 0 Å². The number of likely N-dealkylation sites (tertiary alicyclic amines) is 1. The standard InChI is InChI=1S/C10H19N3O2/c1-10(2,11)9(15)13-6-4-5-7(13)8(14)12-3/h7H,4-6,11H2,1-3H3,(H,12,14). The molecule has 0 aromatic rings. The van der Waals surface area contributed by atoms with Crippen LogP contribution in [0.3, 0.4) is 0 Å². The van der Waals surface area contributed by atoms with Crippen LogP contribution in [0, 0.1) is 0 Å². The van der Waals surface area contributed by atoms with Gasteiger partial charge in [0.2, 0.25) is 11.8 Å². The molecule has 1 heterocycles. The molecule has 15 heavy (non-hydrogen) atoms. The SMILES string of the molecule is CNC(=O)C1CCCN1C(=O)C(C)(C)N. The number of nitrogens with two attached hydrogens (primary N) is 1. The van der Waals surface area contributed by atoms with Crippen LogP contribution in [0.15, 0.2) is 0 Å². The normalized spacial score (nSPS) is 21.6. The molecule has 1 fully saturated rings. The van der Waals surface area contributed by atoms with Crippen molar-refractivity contribution >= 4 is 11.8 Å². The second-order valence-corrected chi connectivity index (χ2v) is 4.49. The maximum absolute atomic E-state index is 11.9. The summed E-state index contributed by atoms with van der Waals surface area (Å²) in [6.07, 6.45) is 1.58. The Morgan fingerprint density at radius 3 is 2.53 bits per heavy atom. The lowest BCUT2D eigenvalue weighted by atomic mass is 10.0. The van der Waals surface area contributed by atoms with Crippen LogP contribution in [0.1, 0.15) is 26.7 Å². The zero-order chi connectivity index (χ0) is 11.6. The molecule has 1 aliphatic heterocycles. The Labute approximate surface area is 90.0 Å². The van der Waals surface area contributed by atoms with E-state index >= 15 is 0 Å². The number of hydrogen-bond acceptors (Lipinski definition) is 3. The minimum Gasteiger partial charge on any atom is -0.357 e. The van der Waals surface area contributed by atoms with E-state index in [9.17, 15) is 9.59 Å². The Kier molecular flexibility index (Phi) is 3.34. The summed E-state index contributed by atoms with van der Waals surface area (Å²) in [5.41, 5.74) is 4.83. The zero-order valence-electron chi connectivity index (χ0n) is 9.54. The average Bonchev–Trinajstić information content (AvgIpc) is 2.62. The van der Waals surface area contributed by atoms with Crippen LogP contribution >= 0.6 is 0 Å². The molecule has 1 aliphatic rings. The molecule has 2 amide bonds. The van der Waals surface area contributed by atoms with Crippen LogP contribution in [0.2, 0.25) is 0 Å². The number of rotatable bonds is 2. The third kappa shape index (κ3) is 2.47. The second kappa shape index (κ2) is 4.18. The van der Waals surface area contributed by atoms with Crippen molar-refractivity contribution in [1.29, 1.82) is 0 Å². The lowest BCUT2D eigenvalue weighted by Crippen LogP contribution is -2.55. The third-order valence-corrected chi connectivity index (χ3v) is 2.61. The summed E-state index contributed by atoms with van der Waals surface area (Å²) in [4.78, 5) is 25.0. The summed E-state index contributed by atoms with van der Waals surface area (Å²) in [5.74, 6) is -0.265. The summed E-state index contributed by atoms with van der Waals surface area (Å²) in [6, 6.07) is -0.342. The fourth-order valence-corrected chi connectivity index (χ4v) is 1.82. The zero-order valence-corrected chi connectivity index (χ0v) is 9.54. The van der Waals surface area contributed by atoms with Crippen LogP contribution in [0.25, 0.3) is 0 Å². The van der Waals surface area contributed by atoms with Crippen molar-refractivity contribution in [3.05, 3.63) is 0 Å². The molecule has 0 saturated carbocycles. The van der Waals surface area contributed by atoms with Crippen molar-refractivity contribution in [2.24, 2.45) is 5.73 Å². The minimum absolute atomic E-state index is 0.106. The molecular formula is C10H19N3O2. The Hall–Kier alpha value is -1.10. The predicted octanol–water partition coefficient (Wildman–Crippen LogP) is -0.539. The summed E-state index contributed by atoms with van der Waals surface area (Å²) in [7, 11) is 1.58. The first-order valence-electron chi connectivity index (χ1n) is 5.19. The van der Waals surface area contributed by atoms with Gasteiger partial charge in [0.05, 0.1) is 5.54 Å². The summed E-state index contributed by atoms with van der Waals surface area (Å²) in [5, 5.41) is 2.57. The van der Waals surface area contributed by atoms with Crippen LogP contribution in [0.4, 0.5) is 0 Å². The second-order valence-electron chi connectivity index (χ2n) is 4.49. The first-order valence-corrected chi connectivity index (χ1v) is 5.19. The Morgan fingerprint density at radius 2 is 2.07 bits per heavy atom. The summed E-state index contributed by atoms with van der Waals surface area (Å²) < 4.78 is 0. The molecule has 86 valence electrons. The smallest absolute Gasteiger partial charge is 0.242 e. The molecule has 0 aromatic carbocycles. The molecule has 5 nitrogen and oxygen atoms in total. The lowest BCUT2D eigenvalue weighted by Gasteiger charge is -2.29. The first-order chi connectivity index (χ1) is 6.88. The maximum atomic E-state index is 11.9. The molecule has 0 bridgehead atoms. The van der Waals surface area contributed by atoms with Crippen LogP contribution < -0.4 is 11.1 Å². The Balaban J connectivity index is 2.77. The highest BCUT2D eigenvalue weighted by molar-refractivity contribution is 5.91. The van der Waals surface area contributed by atoms with Gasteiger partial charge in [-0.3, -0.25) is 9.59 Å². The van der Waals surface area contributed by atoms with E-state index < -0.39 is 5.54 Å². The highest BCUT2D eigenvalue weighted by Gasteiger charge is 2.38. The number of nitrogens with one attached hydrogen (secondary N) is 1. The predicted molar refractivity (Wildman–Crippen MR) is 57.1 cm³/mol. The quantitative estimate of drug-likeness (QED) is 0.647. The molecule has 1 saturated heterocycles. The highest BCUT2D eigenvalue weighted by Crippen LogP contribution is 2.20. The first kappa shape index (κ1) is 12.0. The van der Waals surface area contributed by atoms with Gasteiger partial charge in [-0.25, -0.2) is 0 Å². The fraction of sp³-hybridized carbons (Fsp3) is 0.800. The van der Waals surface area contributed by atoms with Gasteiger partial charge in [-0.15, -0.1) is 0 Å². The molecule has 1 atom stereocenters. The lowest BCUT2D eigenvalue weighted by molar-refractivity contribution is -0.141. The number of carbonyl (C=O) groups excluding carboxylic acids is 2. The molecule has 0 spiro atoms. The summed E-state index contributed by atoms with van der Waals surface area (Å²) in [6.45, 7) is 3.95. The van der Waals surface area contributed by atoms with E-state index in [1.807, 2.05) is 0 Å². The summed E-state index contributed by atoms with van der Waals surface area (Å²) >= 11 is 0. The van der Waals surface area contributed by atoms with E-state index in [1.54, 1.807) is 25.8 Å². The Bertz CT molecular complexity index is 270. The van der Waals surface area contributed by atoms with Crippen molar-refractivity contribution in [1.82, 2.24) is 10.2 Å². The van der Waals surface area contributed by atoms with E-state index in [0.29, 0.717) is 6.54 Å². The third-order valence-electron chi connectivity index (χ3n) is 2.61. The van der Waals surface area contributed by atoms with Crippen molar-refractivity contribution in [3.63, 3.8) is 0 Å². The van der Waals surface area contributed by atoms with Gasteiger partial charge in [-0.2, -0.15) is 0 Å². The van der Waals surface area contributed by atoms with Gasteiger partial charge in [0.25, 0.3) is 0 Å². The molecule has 3 N–H and O–H groups in total. The van der Waals surface area contributed by atoms with E-state index in [1.165, 1.54) is 0 Å². The molecule has 1 rings (SSSR count).